The summed E-state index contributed by atoms with van der Waals surface area (Å²) < 4.78 is 39.5. The lowest BCUT2D eigenvalue weighted by molar-refractivity contribution is 0.196. The summed E-state index contributed by atoms with van der Waals surface area (Å²) in [6, 6.07) is 8.41. The van der Waals surface area contributed by atoms with Crippen LogP contribution in [0.3, 0.4) is 0 Å². The molecular weight excluding hydrogens is 408 g/mol. The van der Waals surface area contributed by atoms with Crippen molar-refractivity contribution in [3.63, 3.8) is 0 Å². The third-order valence-electron chi connectivity index (χ3n) is 4.34. The molecule has 27 heavy (non-hydrogen) atoms. The maximum Gasteiger partial charge on any atom is 0.274 e. The van der Waals surface area contributed by atoms with Gasteiger partial charge in [0.1, 0.15) is 16.1 Å². The van der Waals surface area contributed by atoms with E-state index in [1.165, 1.54) is 4.31 Å². The predicted octanol–water partition coefficient (Wildman–Crippen LogP) is 4.73. The number of fused-ring (bicyclic) bond motifs is 1. The Morgan fingerprint density at radius 2 is 2.15 bits per heavy atom. The van der Waals surface area contributed by atoms with Crippen LogP contribution in [0.4, 0.5) is 5.69 Å². The van der Waals surface area contributed by atoms with Crippen LogP contribution in [-0.4, -0.2) is 26.2 Å². The van der Waals surface area contributed by atoms with Crippen LogP contribution in [-0.2, 0) is 10.0 Å². The highest BCUT2D eigenvalue weighted by Gasteiger charge is 2.35. The minimum atomic E-state index is -3.76. The monoisotopic (exact) mass is 424 g/mol. The molecule has 0 radical (unpaired) electrons. The van der Waals surface area contributed by atoms with E-state index in [4.69, 9.17) is 20.9 Å². The first-order chi connectivity index (χ1) is 12.9. The van der Waals surface area contributed by atoms with Crippen LogP contribution < -0.4 is 9.04 Å². The first kappa shape index (κ1) is 18.3. The first-order valence-electron chi connectivity index (χ1n) is 8.39. The zero-order chi connectivity index (χ0) is 19.2. The van der Waals surface area contributed by atoms with Gasteiger partial charge in [0.05, 0.1) is 17.9 Å². The lowest BCUT2D eigenvalue weighted by atomic mass is 10.2. The minimum absolute atomic E-state index is 0.218. The molecule has 1 aromatic carbocycles. The third-order valence-corrected chi connectivity index (χ3v) is 7.77. The summed E-state index contributed by atoms with van der Waals surface area (Å²) in [5.41, 5.74) is 1.88. The number of aromatic nitrogens is 1. The van der Waals surface area contributed by atoms with Crippen molar-refractivity contribution in [2.75, 3.05) is 10.8 Å². The van der Waals surface area contributed by atoms with Crippen LogP contribution in [0.1, 0.15) is 19.0 Å². The quantitative estimate of drug-likeness (QED) is 0.605. The fraction of sp³-hybridized carbons (Fsp3) is 0.278. The summed E-state index contributed by atoms with van der Waals surface area (Å²) in [5, 5.41) is 6.06. The molecule has 0 aliphatic carbocycles. The van der Waals surface area contributed by atoms with Crippen molar-refractivity contribution in [3.8, 4) is 17.1 Å². The zero-order valence-electron chi connectivity index (χ0n) is 14.7. The molecule has 142 valence electrons. The molecule has 0 saturated heterocycles. The SMILES string of the molecule is CC[C@@H]1CN(S(=O)(=O)c2cc(-c3cc(C)no3)cs2)c2cc(Cl)ccc2O1. The van der Waals surface area contributed by atoms with Crippen LogP contribution in [0.5, 0.6) is 5.75 Å². The van der Waals surface area contributed by atoms with Crippen molar-refractivity contribution < 1.29 is 17.7 Å². The molecule has 1 atom stereocenters. The Labute approximate surface area is 166 Å². The lowest BCUT2D eigenvalue weighted by Crippen LogP contribution is -2.43. The minimum Gasteiger partial charge on any atom is -0.486 e. The van der Waals surface area contributed by atoms with Gasteiger partial charge in [0, 0.05) is 22.0 Å². The van der Waals surface area contributed by atoms with E-state index in [1.54, 1.807) is 35.7 Å². The molecule has 3 heterocycles. The van der Waals surface area contributed by atoms with Crippen molar-refractivity contribution in [1.29, 1.82) is 0 Å². The van der Waals surface area contributed by atoms with E-state index < -0.39 is 10.0 Å². The number of sulfonamides is 1. The lowest BCUT2D eigenvalue weighted by Gasteiger charge is -2.34. The molecule has 0 amide bonds. The second kappa shape index (κ2) is 6.85. The molecule has 0 spiro atoms. The number of hydrogen-bond acceptors (Lipinski definition) is 6. The van der Waals surface area contributed by atoms with Crippen LogP contribution in [0.15, 0.2) is 44.4 Å². The van der Waals surface area contributed by atoms with Gasteiger partial charge in [-0.15, -0.1) is 11.3 Å². The fourth-order valence-electron chi connectivity index (χ4n) is 2.91. The Kier molecular flexibility index (Phi) is 4.65. The maximum atomic E-state index is 13.4. The standard InChI is InChI=1S/C18H17ClN2O4S2/c1-3-14-9-21(15-8-13(19)4-5-16(15)24-14)27(22,23)18-7-12(10-26-18)17-6-11(2)20-25-17/h4-8,10,14H,3,9H2,1-2H3/t14-/m1/s1. The largest absolute Gasteiger partial charge is 0.486 e. The molecular formula is C18H17ClN2O4S2. The average molecular weight is 425 g/mol. The van der Waals surface area contributed by atoms with E-state index in [1.807, 2.05) is 13.8 Å². The molecule has 6 nitrogen and oxygen atoms in total. The summed E-state index contributed by atoms with van der Waals surface area (Å²) in [6.07, 6.45) is 0.478. The van der Waals surface area contributed by atoms with Crippen LogP contribution in [0.2, 0.25) is 5.02 Å². The number of aryl methyl sites for hydroxylation is 1. The second-order valence-corrected chi connectivity index (χ2v) is 9.72. The molecule has 2 aromatic heterocycles. The molecule has 4 rings (SSSR count). The number of ether oxygens (including phenoxy) is 1. The summed E-state index contributed by atoms with van der Waals surface area (Å²) >= 11 is 7.25. The summed E-state index contributed by atoms with van der Waals surface area (Å²) in [7, 11) is -3.76. The summed E-state index contributed by atoms with van der Waals surface area (Å²) in [4.78, 5) is 0. The molecule has 0 saturated carbocycles. The number of benzene rings is 1. The zero-order valence-corrected chi connectivity index (χ0v) is 17.1. The van der Waals surface area contributed by atoms with E-state index >= 15 is 0 Å². The van der Waals surface area contributed by atoms with E-state index in [0.717, 1.165) is 17.0 Å². The van der Waals surface area contributed by atoms with Crippen LogP contribution >= 0.6 is 22.9 Å². The molecule has 0 fully saturated rings. The first-order valence-corrected chi connectivity index (χ1v) is 11.1. The Bertz CT molecular complexity index is 1090. The topological polar surface area (TPSA) is 72.6 Å². The van der Waals surface area contributed by atoms with Gasteiger partial charge >= 0.3 is 0 Å². The molecule has 0 unspecified atom stereocenters. The molecule has 0 N–H and O–H groups in total. The molecule has 1 aliphatic rings. The van der Waals surface area contributed by atoms with Crippen molar-refractivity contribution in [2.24, 2.45) is 0 Å². The van der Waals surface area contributed by atoms with E-state index in [0.29, 0.717) is 34.2 Å². The van der Waals surface area contributed by atoms with Gasteiger partial charge in [-0.05, 0) is 37.6 Å². The molecule has 9 heteroatoms. The highest BCUT2D eigenvalue weighted by molar-refractivity contribution is 7.94. The van der Waals surface area contributed by atoms with Crippen molar-refractivity contribution in [3.05, 3.63) is 46.4 Å². The average Bonchev–Trinajstić information content (AvgIpc) is 3.30. The maximum absolute atomic E-state index is 13.4. The third kappa shape index (κ3) is 3.33. The van der Waals surface area contributed by atoms with Crippen molar-refractivity contribution in [1.82, 2.24) is 5.16 Å². The number of nitrogens with zero attached hydrogens (tertiary/aromatic N) is 2. The van der Waals surface area contributed by atoms with Gasteiger partial charge in [0.25, 0.3) is 10.0 Å². The summed E-state index contributed by atoms with van der Waals surface area (Å²) in [5.74, 6) is 1.06. The van der Waals surface area contributed by atoms with Crippen molar-refractivity contribution in [2.45, 2.75) is 30.6 Å². The predicted molar refractivity (Wildman–Crippen MR) is 105 cm³/mol. The van der Waals surface area contributed by atoms with E-state index in [-0.39, 0.29) is 16.9 Å². The Morgan fingerprint density at radius 3 is 2.85 bits per heavy atom. The van der Waals surface area contributed by atoms with Gasteiger partial charge in [-0.2, -0.15) is 0 Å². The number of halogens is 1. The van der Waals surface area contributed by atoms with Crippen LogP contribution in [0.25, 0.3) is 11.3 Å². The highest BCUT2D eigenvalue weighted by Crippen LogP contribution is 2.40. The Hall–Kier alpha value is -2.03. The highest BCUT2D eigenvalue weighted by atomic mass is 35.5. The van der Waals surface area contributed by atoms with Gasteiger partial charge in [-0.3, -0.25) is 4.31 Å². The Morgan fingerprint density at radius 1 is 1.33 bits per heavy atom. The number of thiophene rings is 1. The van der Waals surface area contributed by atoms with E-state index in [2.05, 4.69) is 5.16 Å². The number of rotatable bonds is 4. The molecule has 3 aromatic rings. The van der Waals surface area contributed by atoms with Gasteiger partial charge in [-0.1, -0.05) is 23.7 Å². The number of anilines is 1. The van der Waals surface area contributed by atoms with Gasteiger partial charge in [0.15, 0.2) is 5.76 Å². The van der Waals surface area contributed by atoms with Gasteiger partial charge in [0.2, 0.25) is 0 Å². The van der Waals surface area contributed by atoms with Crippen LogP contribution in [0, 0.1) is 6.92 Å². The molecule has 1 aliphatic heterocycles. The normalized spacial score (nSPS) is 16.9. The van der Waals surface area contributed by atoms with Gasteiger partial charge in [-0.25, -0.2) is 8.42 Å². The van der Waals surface area contributed by atoms with Gasteiger partial charge < -0.3 is 9.26 Å². The molecule has 0 bridgehead atoms. The number of hydrogen-bond donors (Lipinski definition) is 0. The summed E-state index contributed by atoms with van der Waals surface area (Å²) in [6.45, 7) is 4.02. The van der Waals surface area contributed by atoms with E-state index in [9.17, 15) is 8.42 Å². The Balaban J connectivity index is 1.76. The smallest absolute Gasteiger partial charge is 0.274 e. The fourth-order valence-corrected chi connectivity index (χ4v) is 5.86. The second-order valence-electron chi connectivity index (χ2n) is 6.28. The van der Waals surface area contributed by atoms with Crippen molar-refractivity contribution >= 4 is 38.6 Å².